The smallest absolute Gasteiger partial charge is 0.250 e. The van der Waals surface area contributed by atoms with Crippen molar-refractivity contribution >= 4 is 28.4 Å². The van der Waals surface area contributed by atoms with Gasteiger partial charge in [0.25, 0.3) is 5.91 Å². The molecule has 0 atom stereocenters. The molecule has 1 heterocycles. The van der Waals surface area contributed by atoms with Crippen molar-refractivity contribution in [2.24, 2.45) is 5.73 Å². The molecule has 0 spiro atoms. The maximum atomic E-state index is 12.6. The Bertz CT molecular complexity index is 958. The molecular weight excluding hydrogens is 340 g/mol. The van der Waals surface area contributed by atoms with Crippen LogP contribution >= 0.6 is 0 Å². The molecule has 0 bridgehead atoms. The van der Waals surface area contributed by atoms with Crippen LogP contribution < -0.4 is 11.1 Å². The summed E-state index contributed by atoms with van der Waals surface area (Å²) in [6.07, 6.45) is 2.21. The number of H-pyrrole nitrogens is 1. The molecule has 2 amide bonds. The van der Waals surface area contributed by atoms with Crippen LogP contribution in [0.4, 0.5) is 5.69 Å². The number of nitrogens with zero attached hydrogens (tertiary/aromatic N) is 1. The van der Waals surface area contributed by atoms with Gasteiger partial charge in [-0.15, -0.1) is 0 Å². The SMILES string of the molecule is NC(=O)c1ccccc1NC(=O)CN(Cc1cc2ccccc2[nH]1)C1CC1. The second kappa shape index (κ2) is 7.25. The molecule has 1 saturated carbocycles. The number of amides is 2. The van der Waals surface area contributed by atoms with Crippen molar-refractivity contribution < 1.29 is 9.59 Å². The number of carbonyl (C=O) groups is 2. The number of aromatic amines is 1. The number of hydrogen-bond acceptors (Lipinski definition) is 3. The molecule has 27 heavy (non-hydrogen) atoms. The highest BCUT2D eigenvalue weighted by Crippen LogP contribution is 2.29. The zero-order chi connectivity index (χ0) is 18.8. The maximum Gasteiger partial charge on any atom is 0.250 e. The fraction of sp³-hybridized carbons (Fsp3) is 0.238. The van der Waals surface area contributed by atoms with Crippen LogP contribution in [0, 0.1) is 0 Å². The first-order chi connectivity index (χ1) is 13.1. The minimum Gasteiger partial charge on any atom is -0.366 e. The molecule has 0 unspecified atom stereocenters. The summed E-state index contributed by atoms with van der Waals surface area (Å²) in [5, 5.41) is 4.00. The first-order valence-corrected chi connectivity index (χ1v) is 9.09. The van der Waals surface area contributed by atoms with E-state index in [1.54, 1.807) is 24.3 Å². The predicted molar refractivity (Wildman–Crippen MR) is 105 cm³/mol. The second-order valence-electron chi connectivity index (χ2n) is 6.98. The van der Waals surface area contributed by atoms with E-state index in [9.17, 15) is 9.59 Å². The molecule has 1 fully saturated rings. The van der Waals surface area contributed by atoms with Gasteiger partial charge in [0, 0.05) is 23.8 Å². The van der Waals surface area contributed by atoms with Crippen molar-refractivity contribution in [3.8, 4) is 0 Å². The lowest BCUT2D eigenvalue weighted by Crippen LogP contribution is -2.35. The molecular formula is C21H22N4O2. The number of fused-ring (bicyclic) bond motifs is 1. The number of benzene rings is 2. The average Bonchev–Trinajstić information content (AvgIpc) is 3.41. The van der Waals surface area contributed by atoms with Gasteiger partial charge >= 0.3 is 0 Å². The van der Waals surface area contributed by atoms with Crippen molar-refractivity contribution in [3.63, 3.8) is 0 Å². The minimum absolute atomic E-state index is 0.147. The molecule has 3 aromatic rings. The number of rotatable bonds is 7. The maximum absolute atomic E-state index is 12.6. The third-order valence-electron chi connectivity index (χ3n) is 4.84. The number of anilines is 1. The van der Waals surface area contributed by atoms with Crippen LogP contribution in [-0.4, -0.2) is 34.3 Å². The van der Waals surface area contributed by atoms with Crippen molar-refractivity contribution in [1.29, 1.82) is 0 Å². The number of hydrogen-bond donors (Lipinski definition) is 3. The minimum atomic E-state index is -0.553. The molecule has 4 rings (SSSR count). The van der Waals surface area contributed by atoms with Gasteiger partial charge < -0.3 is 16.0 Å². The summed E-state index contributed by atoms with van der Waals surface area (Å²) < 4.78 is 0. The first kappa shape index (κ1) is 17.3. The number of carbonyl (C=O) groups excluding carboxylic acids is 2. The third-order valence-corrected chi connectivity index (χ3v) is 4.84. The molecule has 6 heteroatoms. The number of nitrogens with one attached hydrogen (secondary N) is 2. The monoisotopic (exact) mass is 362 g/mol. The highest BCUT2D eigenvalue weighted by molar-refractivity contribution is 6.03. The number of aromatic nitrogens is 1. The third kappa shape index (κ3) is 4.01. The second-order valence-corrected chi connectivity index (χ2v) is 6.98. The predicted octanol–water partition coefficient (Wildman–Crippen LogP) is 2.87. The largest absolute Gasteiger partial charge is 0.366 e. The van der Waals surface area contributed by atoms with E-state index in [2.05, 4.69) is 27.3 Å². The quantitative estimate of drug-likeness (QED) is 0.603. The Morgan fingerprint density at radius 1 is 1.11 bits per heavy atom. The average molecular weight is 362 g/mol. The number of nitrogens with two attached hydrogens (primary N) is 1. The van der Waals surface area contributed by atoms with Gasteiger partial charge in [-0.2, -0.15) is 0 Å². The van der Waals surface area contributed by atoms with E-state index in [4.69, 9.17) is 5.73 Å². The molecule has 0 radical (unpaired) electrons. The van der Waals surface area contributed by atoms with Gasteiger partial charge in [-0.25, -0.2) is 0 Å². The van der Waals surface area contributed by atoms with Crippen molar-refractivity contribution in [3.05, 3.63) is 65.9 Å². The molecule has 1 aliphatic rings. The van der Waals surface area contributed by atoms with Crippen LogP contribution in [0.2, 0.25) is 0 Å². The molecule has 1 aliphatic carbocycles. The van der Waals surface area contributed by atoms with Gasteiger partial charge in [0.1, 0.15) is 0 Å². The van der Waals surface area contributed by atoms with Gasteiger partial charge in [0.05, 0.1) is 17.8 Å². The molecule has 1 aromatic heterocycles. The van der Waals surface area contributed by atoms with E-state index in [1.165, 1.54) is 5.39 Å². The van der Waals surface area contributed by atoms with Crippen molar-refractivity contribution in [2.45, 2.75) is 25.4 Å². The topological polar surface area (TPSA) is 91.2 Å². The van der Waals surface area contributed by atoms with Crippen molar-refractivity contribution in [1.82, 2.24) is 9.88 Å². The molecule has 0 aliphatic heterocycles. The van der Waals surface area contributed by atoms with Gasteiger partial charge in [0.15, 0.2) is 0 Å². The molecule has 2 aromatic carbocycles. The van der Waals surface area contributed by atoms with Gasteiger partial charge in [-0.05, 0) is 42.5 Å². The van der Waals surface area contributed by atoms with E-state index in [0.29, 0.717) is 23.8 Å². The van der Waals surface area contributed by atoms with E-state index < -0.39 is 5.91 Å². The highest BCUT2D eigenvalue weighted by Gasteiger charge is 2.30. The van der Waals surface area contributed by atoms with E-state index in [-0.39, 0.29) is 12.5 Å². The Morgan fingerprint density at radius 3 is 2.59 bits per heavy atom. The van der Waals surface area contributed by atoms with E-state index in [0.717, 1.165) is 24.1 Å². The van der Waals surface area contributed by atoms with Crippen LogP contribution in [0.5, 0.6) is 0 Å². The summed E-state index contributed by atoms with van der Waals surface area (Å²) in [5.41, 5.74) is 8.35. The lowest BCUT2D eigenvalue weighted by molar-refractivity contribution is -0.117. The van der Waals surface area contributed by atoms with E-state index >= 15 is 0 Å². The molecule has 138 valence electrons. The molecule has 0 saturated heterocycles. The summed E-state index contributed by atoms with van der Waals surface area (Å²) in [5.74, 6) is -0.699. The normalized spacial score (nSPS) is 13.8. The Morgan fingerprint density at radius 2 is 1.85 bits per heavy atom. The Kier molecular flexibility index (Phi) is 4.64. The number of para-hydroxylation sites is 2. The summed E-state index contributed by atoms with van der Waals surface area (Å²) in [4.78, 5) is 29.7. The van der Waals surface area contributed by atoms with Crippen molar-refractivity contribution in [2.75, 3.05) is 11.9 Å². The van der Waals surface area contributed by atoms with E-state index in [1.807, 2.05) is 18.2 Å². The first-order valence-electron chi connectivity index (χ1n) is 9.09. The standard InChI is InChI=1S/C21H22N4O2/c22-21(27)17-6-2-4-8-19(17)24-20(26)13-25(16-9-10-16)12-15-11-14-5-1-3-7-18(14)23-15/h1-8,11,16,23H,9-10,12-13H2,(H2,22,27)(H,24,26). The molecule has 6 nitrogen and oxygen atoms in total. The summed E-state index contributed by atoms with van der Waals surface area (Å²) in [6, 6.07) is 17.5. The van der Waals surface area contributed by atoms with Crippen LogP contribution in [-0.2, 0) is 11.3 Å². The number of primary amides is 1. The van der Waals surface area contributed by atoms with Crippen LogP contribution in [0.15, 0.2) is 54.6 Å². The van der Waals surface area contributed by atoms with Gasteiger partial charge in [-0.1, -0.05) is 30.3 Å². The van der Waals surface area contributed by atoms with Crippen LogP contribution in [0.1, 0.15) is 28.9 Å². The zero-order valence-electron chi connectivity index (χ0n) is 14.9. The Labute approximate surface area is 157 Å². The summed E-state index contributed by atoms with van der Waals surface area (Å²) in [6.45, 7) is 0.956. The van der Waals surface area contributed by atoms with Gasteiger partial charge in [0.2, 0.25) is 5.91 Å². The highest BCUT2D eigenvalue weighted by atomic mass is 16.2. The molecule has 4 N–H and O–H groups in total. The van der Waals surface area contributed by atoms with Crippen LogP contribution in [0.25, 0.3) is 10.9 Å². The Balaban J connectivity index is 1.45. The fourth-order valence-electron chi connectivity index (χ4n) is 3.37. The lowest BCUT2D eigenvalue weighted by Gasteiger charge is -2.21. The van der Waals surface area contributed by atoms with Gasteiger partial charge in [-0.3, -0.25) is 14.5 Å². The zero-order valence-corrected chi connectivity index (χ0v) is 14.9. The Hall–Kier alpha value is -3.12. The fourth-order valence-corrected chi connectivity index (χ4v) is 3.37. The van der Waals surface area contributed by atoms with Crippen LogP contribution in [0.3, 0.4) is 0 Å². The summed E-state index contributed by atoms with van der Waals surface area (Å²) >= 11 is 0. The summed E-state index contributed by atoms with van der Waals surface area (Å²) in [7, 11) is 0. The lowest BCUT2D eigenvalue weighted by atomic mass is 10.1.